The number of halogens is 1. The number of hydrogen-bond acceptors (Lipinski definition) is 5. The zero-order valence-corrected chi connectivity index (χ0v) is 18.0. The van der Waals surface area contributed by atoms with Crippen LogP contribution in [0.2, 0.25) is 0 Å². The van der Waals surface area contributed by atoms with E-state index in [-0.39, 0.29) is 36.5 Å². The maximum Gasteiger partial charge on any atom is 0.255 e. The van der Waals surface area contributed by atoms with E-state index >= 15 is 4.39 Å². The van der Waals surface area contributed by atoms with Crippen molar-refractivity contribution in [1.82, 2.24) is 24.7 Å². The molecule has 0 spiro atoms. The lowest BCUT2D eigenvalue weighted by molar-refractivity contribution is -0.136. The van der Waals surface area contributed by atoms with Crippen molar-refractivity contribution in [1.29, 1.82) is 0 Å². The van der Waals surface area contributed by atoms with Crippen molar-refractivity contribution in [3.63, 3.8) is 0 Å². The normalized spacial score (nSPS) is 22.4. The summed E-state index contributed by atoms with van der Waals surface area (Å²) in [5.74, 6) is -0.368. The first kappa shape index (κ1) is 20.8. The fourth-order valence-electron chi connectivity index (χ4n) is 5.07. The second-order valence-electron chi connectivity index (χ2n) is 8.94. The van der Waals surface area contributed by atoms with Gasteiger partial charge in [0.25, 0.3) is 5.91 Å². The lowest BCUT2D eigenvalue weighted by Gasteiger charge is -2.32. The summed E-state index contributed by atoms with van der Waals surface area (Å²) >= 11 is 0. The molecule has 32 heavy (non-hydrogen) atoms. The van der Waals surface area contributed by atoms with Gasteiger partial charge in [-0.05, 0) is 55.5 Å². The van der Waals surface area contributed by atoms with Gasteiger partial charge in [-0.2, -0.15) is 0 Å². The van der Waals surface area contributed by atoms with Gasteiger partial charge >= 0.3 is 0 Å². The predicted molar refractivity (Wildman–Crippen MR) is 113 cm³/mol. The summed E-state index contributed by atoms with van der Waals surface area (Å²) in [5.41, 5.74) is 1.73. The van der Waals surface area contributed by atoms with Crippen molar-refractivity contribution >= 4 is 17.7 Å². The van der Waals surface area contributed by atoms with Gasteiger partial charge in [0.1, 0.15) is 17.7 Å². The predicted octanol–water partition coefficient (Wildman–Crippen LogP) is 1.70. The molecule has 1 atom stereocenters. The minimum absolute atomic E-state index is 0.0951. The Kier molecular flexibility index (Phi) is 5.28. The second-order valence-corrected chi connectivity index (χ2v) is 8.94. The SMILES string of the molecule is Cn1ccnc1CN1CCC(c2cc3c(cc2F)C(=O)N(C2CCC(=O)NC2=O)C3)CC1. The molecule has 1 aromatic carbocycles. The van der Waals surface area contributed by atoms with Crippen LogP contribution in [-0.2, 0) is 29.7 Å². The molecule has 0 radical (unpaired) electrons. The Labute approximate surface area is 185 Å². The Morgan fingerprint density at radius 1 is 1.16 bits per heavy atom. The van der Waals surface area contributed by atoms with Gasteiger partial charge in [0.15, 0.2) is 0 Å². The van der Waals surface area contributed by atoms with Crippen LogP contribution >= 0.6 is 0 Å². The third kappa shape index (κ3) is 3.70. The monoisotopic (exact) mass is 439 g/mol. The molecular weight excluding hydrogens is 413 g/mol. The number of benzene rings is 1. The molecule has 1 unspecified atom stereocenters. The number of hydrogen-bond donors (Lipinski definition) is 1. The van der Waals surface area contributed by atoms with Crippen LogP contribution in [0.3, 0.4) is 0 Å². The molecule has 5 rings (SSSR count). The first-order valence-electron chi connectivity index (χ1n) is 11.1. The number of likely N-dealkylation sites (tertiary alicyclic amines) is 1. The number of imide groups is 1. The standard InChI is InChI=1S/C23H26FN5O3/c1-27-9-6-25-20(27)13-28-7-4-14(5-8-28)16-10-15-12-29(23(32)17(15)11-18(16)24)19-2-3-21(30)26-22(19)31/h6,9-11,14,19H,2-5,7-8,12-13H2,1H3,(H,26,30,31). The smallest absolute Gasteiger partial charge is 0.255 e. The van der Waals surface area contributed by atoms with Gasteiger partial charge in [-0.1, -0.05) is 6.07 Å². The first-order chi connectivity index (χ1) is 15.4. The van der Waals surface area contributed by atoms with E-state index in [0.29, 0.717) is 17.5 Å². The van der Waals surface area contributed by atoms with Crippen molar-refractivity contribution in [3.8, 4) is 0 Å². The zero-order valence-electron chi connectivity index (χ0n) is 18.0. The average Bonchev–Trinajstić information content (AvgIpc) is 3.31. The van der Waals surface area contributed by atoms with E-state index in [1.807, 2.05) is 23.9 Å². The van der Waals surface area contributed by atoms with Crippen LogP contribution < -0.4 is 5.32 Å². The summed E-state index contributed by atoms with van der Waals surface area (Å²) in [6.07, 6.45) is 5.90. The second kappa shape index (κ2) is 8.12. The summed E-state index contributed by atoms with van der Waals surface area (Å²) in [6.45, 7) is 2.76. The van der Waals surface area contributed by atoms with Gasteiger partial charge in [-0.3, -0.25) is 24.6 Å². The molecule has 8 nitrogen and oxygen atoms in total. The molecule has 3 aliphatic rings. The van der Waals surface area contributed by atoms with E-state index in [9.17, 15) is 14.4 Å². The Balaban J connectivity index is 1.28. The Morgan fingerprint density at radius 2 is 1.94 bits per heavy atom. The third-order valence-electron chi connectivity index (χ3n) is 6.95. The van der Waals surface area contributed by atoms with Crippen LogP contribution in [-0.4, -0.2) is 56.2 Å². The number of imidazole rings is 1. The third-order valence-corrected chi connectivity index (χ3v) is 6.95. The van der Waals surface area contributed by atoms with E-state index in [2.05, 4.69) is 15.2 Å². The van der Waals surface area contributed by atoms with Gasteiger partial charge in [0.05, 0.1) is 6.54 Å². The number of aryl methyl sites for hydroxylation is 1. The Bertz CT molecular complexity index is 1090. The fourth-order valence-corrected chi connectivity index (χ4v) is 5.07. The molecule has 2 aromatic rings. The minimum Gasteiger partial charge on any atom is -0.337 e. The number of carbonyl (C=O) groups is 3. The van der Waals surface area contributed by atoms with Crippen LogP contribution in [0.25, 0.3) is 0 Å². The molecule has 3 amide bonds. The molecular formula is C23H26FN5O3. The lowest BCUT2D eigenvalue weighted by atomic mass is 9.87. The summed E-state index contributed by atoms with van der Waals surface area (Å²) in [6, 6.07) is 2.46. The van der Waals surface area contributed by atoms with Gasteiger partial charge in [-0.25, -0.2) is 9.37 Å². The minimum atomic E-state index is -0.687. The van der Waals surface area contributed by atoms with Crippen molar-refractivity contribution in [2.45, 2.75) is 50.7 Å². The van der Waals surface area contributed by atoms with Crippen LogP contribution in [0.5, 0.6) is 0 Å². The quantitative estimate of drug-likeness (QED) is 0.733. The number of aromatic nitrogens is 2. The first-order valence-corrected chi connectivity index (χ1v) is 11.1. The highest BCUT2D eigenvalue weighted by Crippen LogP contribution is 2.35. The van der Waals surface area contributed by atoms with Crippen molar-refractivity contribution in [2.75, 3.05) is 13.1 Å². The number of fused-ring (bicyclic) bond motifs is 1. The van der Waals surface area contributed by atoms with Crippen LogP contribution in [0, 0.1) is 5.82 Å². The number of rotatable bonds is 4. The van der Waals surface area contributed by atoms with Crippen molar-refractivity contribution in [2.24, 2.45) is 7.05 Å². The van der Waals surface area contributed by atoms with Crippen molar-refractivity contribution in [3.05, 3.63) is 52.9 Å². The molecule has 1 aromatic heterocycles. The summed E-state index contributed by atoms with van der Waals surface area (Å²) in [7, 11) is 1.98. The van der Waals surface area contributed by atoms with Crippen LogP contribution in [0.1, 0.15) is 58.9 Å². The van der Waals surface area contributed by atoms with Gasteiger partial charge in [0, 0.05) is 38.0 Å². The van der Waals surface area contributed by atoms with Gasteiger partial charge < -0.3 is 9.47 Å². The number of amides is 3. The molecule has 3 aliphatic heterocycles. The van der Waals surface area contributed by atoms with E-state index in [1.165, 1.54) is 11.0 Å². The molecule has 9 heteroatoms. The Hall–Kier alpha value is -3.07. The largest absolute Gasteiger partial charge is 0.337 e. The summed E-state index contributed by atoms with van der Waals surface area (Å²) in [5, 5.41) is 2.29. The van der Waals surface area contributed by atoms with Gasteiger partial charge in [0.2, 0.25) is 11.8 Å². The topological polar surface area (TPSA) is 87.5 Å². The molecule has 168 valence electrons. The maximum absolute atomic E-state index is 15.0. The highest BCUT2D eigenvalue weighted by molar-refractivity contribution is 6.05. The van der Waals surface area contributed by atoms with Crippen LogP contribution in [0.15, 0.2) is 24.5 Å². The number of nitrogens with one attached hydrogen (secondary N) is 1. The average molecular weight is 439 g/mol. The van der Waals surface area contributed by atoms with Crippen molar-refractivity contribution < 1.29 is 18.8 Å². The summed E-state index contributed by atoms with van der Waals surface area (Å²) < 4.78 is 17.0. The molecule has 2 saturated heterocycles. The molecule has 0 aliphatic carbocycles. The van der Waals surface area contributed by atoms with Gasteiger partial charge in [-0.15, -0.1) is 0 Å². The maximum atomic E-state index is 15.0. The highest BCUT2D eigenvalue weighted by Gasteiger charge is 2.40. The van der Waals surface area contributed by atoms with E-state index in [0.717, 1.165) is 43.9 Å². The Morgan fingerprint density at radius 3 is 2.62 bits per heavy atom. The fraction of sp³-hybridized carbons (Fsp3) is 0.478. The molecule has 0 saturated carbocycles. The van der Waals surface area contributed by atoms with E-state index in [4.69, 9.17) is 0 Å². The van der Waals surface area contributed by atoms with E-state index < -0.39 is 11.9 Å². The zero-order chi connectivity index (χ0) is 22.4. The molecule has 1 N–H and O–H groups in total. The molecule has 0 bridgehead atoms. The van der Waals surface area contributed by atoms with E-state index in [1.54, 1.807) is 6.20 Å². The number of nitrogens with zero attached hydrogens (tertiary/aromatic N) is 4. The van der Waals surface area contributed by atoms with Crippen LogP contribution in [0.4, 0.5) is 4.39 Å². The number of carbonyl (C=O) groups excluding carboxylic acids is 3. The lowest BCUT2D eigenvalue weighted by Crippen LogP contribution is -2.52. The molecule has 2 fully saturated rings. The molecule has 4 heterocycles. The summed E-state index contributed by atoms with van der Waals surface area (Å²) in [4.78, 5) is 44.7. The highest BCUT2D eigenvalue weighted by atomic mass is 19.1. The number of piperidine rings is 2.